The van der Waals surface area contributed by atoms with Crippen LogP contribution in [0.5, 0.6) is 0 Å². The number of nitriles is 1. The third-order valence-corrected chi connectivity index (χ3v) is 1.19. The fourth-order valence-electron chi connectivity index (χ4n) is 0.0791. The molecule has 0 fully saturated rings. The molecule has 0 rings (SSSR count). The fraction of sp³-hybridized carbons (Fsp3) is 0.833. The van der Waals surface area contributed by atoms with E-state index in [1.165, 1.54) is 0 Å². The van der Waals surface area contributed by atoms with E-state index in [0.29, 0.717) is 0 Å². The third-order valence-electron chi connectivity index (χ3n) is 1.19. The van der Waals surface area contributed by atoms with Crippen molar-refractivity contribution in [3.63, 3.8) is 0 Å². The topological polar surface area (TPSA) is 23.8 Å². The number of rotatable bonds is 1. The molecule has 0 spiro atoms. The molecule has 1 heteroatoms. The highest BCUT2D eigenvalue weighted by Gasteiger charge is 2.11. The maximum atomic E-state index is 8.34. The fourth-order valence-corrected chi connectivity index (χ4v) is 0.0791. The lowest BCUT2D eigenvalue weighted by Crippen LogP contribution is -2.03. The molecule has 0 N–H and O–H groups in total. The van der Waals surface area contributed by atoms with Crippen LogP contribution in [0.4, 0.5) is 0 Å². The molecule has 0 saturated heterocycles. The minimum absolute atomic E-state index is 0.111. The van der Waals surface area contributed by atoms with Crippen molar-refractivity contribution in [2.24, 2.45) is 5.41 Å². The molecule has 0 aliphatic rings. The van der Waals surface area contributed by atoms with Crippen molar-refractivity contribution in [3.8, 4) is 6.07 Å². The summed E-state index contributed by atoms with van der Waals surface area (Å²) in [7, 11) is 0. The van der Waals surface area contributed by atoms with Gasteiger partial charge in [0.05, 0.1) is 11.5 Å². The predicted octanol–water partition coefficient (Wildman–Crippen LogP) is 1.95. The number of nitrogens with zero attached hydrogens (tertiary/aromatic N) is 1. The van der Waals surface area contributed by atoms with Crippen LogP contribution in [0, 0.1) is 16.7 Å². The monoisotopic (exact) mass is 97.1 g/mol. The maximum Gasteiger partial charge on any atom is 0.0683 e. The molecule has 0 aliphatic carbocycles. The first kappa shape index (κ1) is 6.49. The van der Waals surface area contributed by atoms with Gasteiger partial charge in [-0.05, 0) is 20.3 Å². The van der Waals surface area contributed by atoms with Crippen LogP contribution in [0.2, 0.25) is 0 Å². The van der Waals surface area contributed by atoms with Crippen molar-refractivity contribution in [3.05, 3.63) is 0 Å². The van der Waals surface area contributed by atoms with Gasteiger partial charge in [0.2, 0.25) is 0 Å². The van der Waals surface area contributed by atoms with Gasteiger partial charge in [-0.25, -0.2) is 0 Å². The lowest BCUT2D eigenvalue weighted by atomic mass is 9.93. The molecule has 0 aromatic carbocycles. The molecular weight excluding hydrogens is 86.1 g/mol. The summed E-state index contributed by atoms with van der Waals surface area (Å²) < 4.78 is 0. The highest BCUT2D eigenvalue weighted by atomic mass is 14.3. The Labute approximate surface area is 45.0 Å². The zero-order valence-corrected chi connectivity index (χ0v) is 5.15. The van der Waals surface area contributed by atoms with Crippen LogP contribution in [0.3, 0.4) is 0 Å². The largest absolute Gasteiger partial charge is 0.198 e. The first-order valence-corrected chi connectivity index (χ1v) is 2.53. The molecular formula is C6H11N. The highest BCUT2D eigenvalue weighted by Crippen LogP contribution is 2.16. The molecule has 0 bridgehead atoms. The van der Waals surface area contributed by atoms with E-state index in [2.05, 4.69) is 6.07 Å². The number of hydrogen-bond donors (Lipinski definition) is 0. The minimum Gasteiger partial charge on any atom is -0.198 e. The summed E-state index contributed by atoms with van der Waals surface area (Å²) in [6.07, 6.45) is 0.934. The van der Waals surface area contributed by atoms with Gasteiger partial charge in [-0.15, -0.1) is 0 Å². The van der Waals surface area contributed by atoms with Crippen LogP contribution in [0.25, 0.3) is 0 Å². The smallest absolute Gasteiger partial charge is 0.0683 e. The van der Waals surface area contributed by atoms with Crippen molar-refractivity contribution < 1.29 is 0 Å². The van der Waals surface area contributed by atoms with Gasteiger partial charge in [-0.3, -0.25) is 0 Å². The van der Waals surface area contributed by atoms with E-state index in [4.69, 9.17) is 5.26 Å². The lowest BCUT2D eigenvalue weighted by Gasteiger charge is -2.08. The summed E-state index contributed by atoms with van der Waals surface area (Å²) in [5.41, 5.74) is -0.111. The summed E-state index contributed by atoms with van der Waals surface area (Å²) in [4.78, 5) is 0. The van der Waals surface area contributed by atoms with Crippen LogP contribution in [-0.2, 0) is 0 Å². The first-order chi connectivity index (χ1) is 3.12. The van der Waals surface area contributed by atoms with E-state index >= 15 is 0 Å². The molecule has 0 amide bonds. The van der Waals surface area contributed by atoms with Gasteiger partial charge in [0.1, 0.15) is 0 Å². The van der Waals surface area contributed by atoms with E-state index in [1.807, 2.05) is 20.8 Å². The van der Waals surface area contributed by atoms with Gasteiger partial charge in [0.25, 0.3) is 0 Å². The van der Waals surface area contributed by atoms with E-state index in [0.717, 1.165) is 6.42 Å². The second-order valence-electron chi connectivity index (χ2n) is 2.35. The molecule has 40 valence electrons. The predicted molar refractivity (Wildman–Crippen MR) is 29.7 cm³/mol. The first-order valence-electron chi connectivity index (χ1n) is 2.53. The Morgan fingerprint density at radius 3 is 2.00 bits per heavy atom. The molecule has 0 aromatic rings. The molecule has 0 unspecified atom stereocenters. The summed E-state index contributed by atoms with van der Waals surface area (Å²) in [5.74, 6) is 0. The Hall–Kier alpha value is -0.510. The number of hydrogen-bond acceptors (Lipinski definition) is 1. The zero-order valence-electron chi connectivity index (χ0n) is 5.15. The maximum absolute atomic E-state index is 8.34. The van der Waals surface area contributed by atoms with Gasteiger partial charge in [-0.1, -0.05) is 6.92 Å². The summed E-state index contributed by atoms with van der Waals surface area (Å²) >= 11 is 0. The lowest BCUT2D eigenvalue weighted by molar-refractivity contribution is 0.477. The van der Waals surface area contributed by atoms with E-state index in [-0.39, 0.29) is 5.41 Å². The molecule has 0 heterocycles. The van der Waals surface area contributed by atoms with E-state index in [9.17, 15) is 0 Å². The van der Waals surface area contributed by atoms with Crippen LogP contribution in [-0.4, -0.2) is 0 Å². The van der Waals surface area contributed by atoms with Crippen LogP contribution in [0.1, 0.15) is 27.2 Å². The average molecular weight is 97.2 g/mol. The second kappa shape index (κ2) is 1.97. The van der Waals surface area contributed by atoms with E-state index < -0.39 is 0 Å². The van der Waals surface area contributed by atoms with Crippen molar-refractivity contribution in [1.82, 2.24) is 0 Å². The minimum atomic E-state index is -0.111. The average Bonchev–Trinajstić information content (AvgIpc) is 1.68. The molecule has 0 atom stereocenters. The van der Waals surface area contributed by atoms with Crippen molar-refractivity contribution >= 4 is 0 Å². The Kier molecular flexibility index (Phi) is 1.83. The Morgan fingerprint density at radius 1 is 1.57 bits per heavy atom. The second-order valence-corrected chi connectivity index (χ2v) is 2.35. The molecule has 1 nitrogen and oxygen atoms in total. The quantitative estimate of drug-likeness (QED) is 0.490. The summed E-state index contributed by atoms with van der Waals surface area (Å²) in [6.45, 7) is 5.89. The van der Waals surface area contributed by atoms with Gasteiger partial charge in [0.15, 0.2) is 0 Å². The van der Waals surface area contributed by atoms with Gasteiger partial charge in [-0.2, -0.15) is 5.26 Å². The van der Waals surface area contributed by atoms with Gasteiger partial charge in [0, 0.05) is 0 Å². The molecule has 0 aromatic heterocycles. The zero-order chi connectivity index (χ0) is 5.91. The van der Waals surface area contributed by atoms with Gasteiger partial charge >= 0.3 is 0 Å². The van der Waals surface area contributed by atoms with Crippen LogP contribution >= 0.6 is 0 Å². The normalized spacial score (nSPS) is 10.6. The summed E-state index contributed by atoms with van der Waals surface area (Å²) in [5, 5.41) is 8.34. The Morgan fingerprint density at radius 2 is 2.00 bits per heavy atom. The van der Waals surface area contributed by atoms with E-state index in [1.54, 1.807) is 0 Å². The molecule has 0 radical (unpaired) electrons. The van der Waals surface area contributed by atoms with Crippen molar-refractivity contribution in [2.45, 2.75) is 27.2 Å². The van der Waals surface area contributed by atoms with Crippen LogP contribution < -0.4 is 0 Å². The SMILES string of the molecule is CCC(C)(C)C#N. The highest BCUT2D eigenvalue weighted by molar-refractivity contribution is 4.89. The Bertz CT molecular complexity index is 86.8. The van der Waals surface area contributed by atoms with Crippen molar-refractivity contribution in [2.75, 3.05) is 0 Å². The molecule has 0 aliphatic heterocycles. The van der Waals surface area contributed by atoms with Crippen LogP contribution in [0.15, 0.2) is 0 Å². The van der Waals surface area contributed by atoms with Crippen molar-refractivity contribution in [1.29, 1.82) is 5.26 Å². The Balaban J connectivity index is 3.66. The summed E-state index contributed by atoms with van der Waals surface area (Å²) in [6, 6.07) is 2.19. The molecule has 0 saturated carbocycles. The molecule has 7 heavy (non-hydrogen) atoms. The van der Waals surface area contributed by atoms with Gasteiger partial charge < -0.3 is 0 Å². The third kappa shape index (κ3) is 2.22. The standard InChI is InChI=1S/C6H11N/c1-4-6(2,3)5-7/h4H2,1-3H3.